The molecule has 0 saturated heterocycles. The largest absolute Gasteiger partial charge is 0.489 e. The monoisotopic (exact) mass is 252 g/mol. The van der Waals surface area contributed by atoms with Crippen LogP contribution in [0.4, 0.5) is 13.2 Å². The smallest absolute Gasteiger partial charge is 0.423 e. The predicted octanol–water partition coefficient (Wildman–Crippen LogP) is 0.123. The van der Waals surface area contributed by atoms with E-state index in [0.717, 1.165) is 6.07 Å². The molecule has 0 aliphatic carbocycles. The lowest BCUT2D eigenvalue weighted by molar-refractivity contribution is -0.137. The van der Waals surface area contributed by atoms with Gasteiger partial charge in [0.15, 0.2) is 0 Å². The third-order valence-corrected chi connectivity index (χ3v) is 2.86. The standard InChI is InChI=1S/C8H8BF3O3S/c1-16(15)5-2-3-7(9(13)14)6(4-5)8(10,11)12/h2-4,13-14H,1H3. The SMILES string of the molecule is CS(=O)c1ccc(B(O)O)c(C(F)(F)F)c1. The zero-order valence-electron chi connectivity index (χ0n) is 8.15. The van der Waals surface area contributed by atoms with Crippen LogP contribution in [0.3, 0.4) is 0 Å². The van der Waals surface area contributed by atoms with Gasteiger partial charge >= 0.3 is 13.3 Å². The first kappa shape index (κ1) is 13.2. The van der Waals surface area contributed by atoms with Gasteiger partial charge in [0.25, 0.3) is 0 Å². The average Bonchev–Trinajstić information content (AvgIpc) is 2.15. The molecule has 1 aromatic carbocycles. The Kier molecular flexibility index (Phi) is 3.77. The van der Waals surface area contributed by atoms with E-state index in [1.807, 2.05) is 0 Å². The number of benzene rings is 1. The van der Waals surface area contributed by atoms with Crippen LogP contribution in [0.15, 0.2) is 23.1 Å². The maximum atomic E-state index is 12.5. The summed E-state index contributed by atoms with van der Waals surface area (Å²) in [7, 11) is -3.77. The zero-order chi connectivity index (χ0) is 12.5. The summed E-state index contributed by atoms with van der Waals surface area (Å²) in [5.41, 5.74) is -1.84. The number of hydrogen-bond acceptors (Lipinski definition) is 3. The van der Waals surface area contributed by atoms with Crippen LogP contribution in [-0.4, -0.2) is 27.6 Å². The summed E-state index contributed by atoms with van der Waals surface area (Å²) in [6.45, 7) is 0. The van der Waals surface area contributed by atoms with Gasteiger partial charge in [-0.05, 0) is 17.6 Å². The molecule has 1 atom stereocenters. The van der Waals surface area contributed by atoms with E-state index in [0.29, 0.717) is 6.07 Å². The van der Waals surface area contributed by atoms with Gasteiger partial charge in [0, 0.05) is 22.0 Å². The van der Waals surface area contributed by atoms with E-state index in [1.54, 1.807) is 0 Å². The van der Waals surface area contributed by atoms with Crippen molar-refractivity contribution >= 4 is 23.4 Å². The van der Waals surface area contributed by atoms with Crippen LogP contribution >= 0.6 is 0 Å². The fourth-order valence-corrected chi connectivity index (χ4v) is 1.73. The van der Waals surface area contributed by atoms with Crippen molar-refractivity contribution in [2.75, 3.05) is 6.26 Å². The maximum absolute atomic E-state index is 12.5. The second kappa shape index (κ2) is 4.56. The lowest BCUT2D eigenvalue weighted by atomic mass is 9.77. The van der Waals surface area contributed by atoms with Gasteiger partial charge in [0.1, 0.15) is 0 Å². The fourth-order valence-electron chi connectivity index (χ4n) is 1.18. The van der Waals surface area contributed by atoms with Crippen LogP contribution in [0.1, 0.15) is 5.56 Å². The molecule has 8 heteroatoms. The first-order chi connectivity index (χ1) is 7.23. The molecule has 0 bridgehead atoms. The van der Waals surface area contributed by atoms with Crippen molar-refractivity contribution in [2.24, 2.45) is 0 Å². The van der Waals surface area contributed by atoms with Crippen molar-refractivity contribution < 1.29 is 27.4 Å². The molecule has 1 unspecified atom stereocenters. The fraction of sp³-hybridized carbons (Fsp3) is 0.250. The van der Waals surface area contributed by atoms with Crippen LogP contribution in [0.2, 0.25) is 0 Å². The molecule has 16 heavy (non-hydrogen) atoms. The summed E-state index contributed by atoms with van der Waals surface area (Å²) >= 11 is 0. The van der Waals surface area contributed by atoms with E-state index in [2.05, 4.69) is 0 Å². The molecular formula is C8H8BF3O3S. The molecule has 0 amide bonds. The minimum Gasteiger partial charge on any atom is -0.423 e. The molecule has 0 heterocycles. The topological polar surface area (TPSA) is 57.5 Å². The Hall–Kier alpha value is -0.855. The molecule has 88 valence electrons. The van der Waals surface area contributed by atoms with Crippen LogP contribution in [0.25, 0.3) is 0 Å². The predicted molar refractivity (Wildman–Crippen MR) is 53.6 cm³/mol. The summed E-state index contributed by atoms with van der Waals surface area (Å²) in [5, 5.41) is 17.6. The third kappa shape index (κ3) is 2.84. The third-order valence-electron chi connectivity index (χ3n) is 1.94. The van der Waals surface area contributed by atoms with Crippen LogP contribution < -0.4 is 5.46 Å². The Morgan fingerprint density at radius 3 is 2.25 bits per heavy atom. The highest BCUT2D eigenvalue weighted by Gasteiger charge is 2.36. The number of halogens is 3. The Balaban J connectivity index is 3.39. The van der Waals surface area contributed by atoms with Gasteiger partial charge in [-0.1, -0.05) is 6.07 Å². The minimum atomic E-state index is -4.71. The Labute approximate surface area is 92.5 Å². The van der Waals surface area contributed by atoms with E-state index in [4.69, 9.17) is 10.0 Å². The van der Waals surface area contributed by atoms with Crippen LogP contribution in [-0.2, 0) is 17.0 Å². The molecule has 0 fully saturated rings. The molecule has 0 aromatic heterocycles. The van der Waals surface area contributed by atoms with Crippen molar-refractivity contribution in [3.8, 4) is 0 Å². The highest BCUT2D eigenvalue weighted by atomic mass is 32.2. The molecule has 0 aliphatic rings. The van der Waals surface area contributed by atoms with Crippen molar-refractivity contribution in [1.29, 1.82) is 0 Å². The normalized spacial score (nSPS) is 13.6. The van der Waals surface area contributed by atoms with Gasteiger partial charge in [-0.25, -0.2) is 0 Å². The van der Waals surface area contributed by atoms with Crippen LogP contribution in [0.5, 0.6) is 0 Å². The quantitative estimate of drug-likeness (QED) is 0.735. The first-order valence-electron chi connectivity index (χ1n) is 4.14. The van der Waals surface area contributed by atoms with Gasteiger partial charge in [-0.15, -0.1) is 0 Å². The second-order valence-electron chi connectivity index (χ2n) is 3.07. The zero-order valence-corrected chi connectivity index (χ0v) is 8.97. The van der Waals surface area contributed by atoms with Crippen molar-refractivity contribution in [1.82, 2.24) is 0 Å². The van der Waals surface area contributed by atoms with E-state index >= 15 is 0 Å². The second-order valence-corrected chi connectivity index (χ2v) is 4.45. The summed E-state index contributed by atoms with van der Waals surface area (Å²) in [6, 6.07) is 2.73. The lowest BCUT2D eigenvalue weighted by Gasteiger charge is -2.13. The maximum Gasteiger partial charge on any atom is 0.489 e. The molecule has 3 nitrogen and oxygen atoms in total. The van der Waals surface area contributed by atoms with Gasteiger partial charge < -0.3 is 10.0 Å². The average molecular weight is 252 g/mol. The highest BCUT2D eigenvalue weighted by molar-refractivity contribution is 7.84. The van der Waals surface area contributed by atoms with E-state index in [1.165, 1.54) is 12.3 Å². The van der Waals surface area contributed by atoms with Gasteiger partial charge in [-0.3, -0.25) is 4.21 Å². The molecule has 0 aliphatic heterocycles. The number of alkyl halides is 3. The van der Waals surface area contributed by atoms with Crippen molar-refractivity contribution in [3.63, 3.8) is 0 Å². The lowest BCUT2D eigenvalue weighted by Crippen LogP contribution is -2.36. The van der Waals surface area contributed by atoms with Gasteiger partial charge in [-0.2, -0.15) is 13.2 Å². The van der Waals surface area contributed by atoms with Gasteiger partial charge in [0.2, 0.25) is 0 Å². The summed E-state index contributed by atoms with van der Waals surface area (Å²) in [5.74, 6) is 0. The number of rotatable bonds is 2. The molecule has 1 rings (SSSR count). The first-order valence-corrected chi connectivity index (χ1v) is 5.70. The van der Waals surface area contributed by atoms with E-state index in [-0.39, 0.29) is 4.90 Å². The summed E-state index contributed by atoms with van der Waals surface area (Å²) in [6.07, 6.45) is -3.47. The van der Waals surface area contributed by atoms with Gasteiger partial charge in [0.05, 0.1) is 5.56 Å². The van der Waals surface area contributed by atoms with Crippen LogP contribution in [0, 0.1) is 0 Å². The van der Waals surface area contributed by atoms with Crippen molar-refractivity contribution in [3.05, 3.63) is 23.8 Å². The molecular weight excluding hydrogens is 244 g/mol. The van der Waals surface area contributed by atoms with E-state index in [9.17, 15) is 17.4 Å². The molecule has 0 saturated carbocycles. The number of hydrogen-bond donors (Lipinski definition) is 2. The molecule has 0 spiro atoms. The molecule has 0 radical (unpaired) electrons. The molecule has 1 aromatic rings. The summed E-state index contributed by atoms with van der Waals surface area (Å²) < 4.78 is 48.6. The Bertz CT molecular complexity index is 419. The molecule has 2 N–H and O–H groups in total. The summed E-state index contributed by atoms with van der Waals surface area (Å²) in [4.78, 5) is -0.0169. The minimum absolute atomic E-state index is 0.0169. The van der Waals surface area contributed by atoms with Crippen molar-refractivity contribution in [2.45, 2.75) is 11.1 Å². The Morgan fingerprint density at radius 2 is 1.88 bits per heavy atom. The van der Waals surface area contributed by atoms with E-state index < -0.39 is 35.1 Å². The Morgan fingerprint density at radius 1 is 1.31 bits per heavy atom. The highest BCUT2D eigenvalue weighted by Crippen LogP contribution is 2.29.